The number of hydrogen-bond donors (Lipinski definition) is 2. The van der Waals surface area contributed by atoms with Crippen molar-refractivity contribution in [3.05, 3.63) is 71.8 Å². The monoisotopic (exact) mass is 448 g/mol. The zero-order valence-corrected chi connectivity index (χ0v) is 16.8. The Bertz CT molecular complexity index is 1080. The van der Waals surface area contributed by atoms with Gasteiger partial charge in [0.05, 0.1) is 0 Å². The van der Waals surface area contributed by atoms with Gasteiger partial charge in [0.25, 0.3) is 0 Å². The van der Waals surface area contributed by atoms with Crippen LogP contribution in [0.2, 0.25) is 0 Å². The van der Waals surface area contributed by atoms with E-state index in [1.807, 2.05) is 0 Å². The molecule has 2 amide bonds. The quantitative estimate of drug-likeness (QED) is 0.372. The number of anilines is 2. The Labute approximate surface area is 179 Å². The maximum Gasteiger partial charge on any atom is 0.221 e. The minimum absolute atomic E-state index is 0.176. The summed E-state index contributed by atoms with van der Waals surface area (Å²) in [5.41, 5.74) is 0.492. The van der Waals surface area contributed by atoms with E-state index in [0.29, 0.717) is 0 Å². The molecule has 0 saturated carbocycles. The topological polar surface area (TPSA) is 76.7 Å². The van der Waals surface area contributed by atoms with Gasteiger partial charge < -0.3 is 20.1 Å². The molecule has 0 spiro atoms. The fraction of sp³-hybridized carbons (Fsp3) is 0.0909. The van der Waals surface area contributed by atoms with Crippen LogP contribution in [0.4, 0.5) is 28.9 Å². The van der Waals surface area contributed by atoms with Crippen LogP contribution < -0.4 is 20.1 Å². The molecule has 0 aliphatic carbocycles. The number of benzene rings is 3. The first kappa shape index (κ1) is 22.6. The molecule has 2 N–H and O–H groups in total. The first-order valence-corrected chi connectivity index (χ1v) is 9.12. The Morgan fingerprint density at radius 3 is 1.31 bits per heavy atom. The molecule has 0 aromatic heterocycles. The lowest BCUT2D eigenvalue weighted by Gasteiger charge is -2.14. The molecule has 0 radical (unpaired) electrons. The average molecular weight is 448 g/mol. The maximum atomic E-state index is 14.5. The van der Waals surface area contributed by atoms with Crippen LogP contribution in [-0.4, -0.2) is 11.8 Å². The van der Waals surface area contributed by atoms with E-state index in [4.69, 9.17) is 9.47 Å². The predicted molar refractivity (Wildman–Crippen MR) is 108 cm³/mol. The van der Waals surface area contributed by atoms with Crippen LogP contribution in [0, 0.1) is 23.3 Å². The van der Waals surface area contributed by atoms with Crippen molar-refractivity contribution in [3.8, 4) is 23.0 Å². The Kier molecular flexibility index (Phi) is 6.62. The minimum Gasteiger partial charge on any atom is -0.451 e. The van der Waals surface area contributed by atoms with Crippen molar-refractivity contribution < 1.29 is 36.6 Å². The standard InChI is InChI=1S/C22H16F4N2O4/c1-11(29)27-13-5-3-7-15(9-13)31-21-17(23)19(25)22(20(26)18(21)24)32-16-8-4-6-14(10-16)28-12(2)30/h3-10H,1-2H3,(H,27,29)(H,28,30). The van der Waals surface area contributed by atoms with Crippen molar-refractivity contribution in [2.75, 3.05) is 10.6 Å². The van der Waals surface area contributed by atoms with Gasteiger partial charge >= 0.3 is 0 Å². The molecular formula is C22H16F4N2O4. The van der Waals surface area contributed by atoms with Crippen LogP contribution in [-0.2, 0) is 9.59 Å². The van der Waals surface area contributed by atoms with E-state index in [0.717, 1.165) is 0 Å². The summed E-state index contributed by atoms with van der Waals surface area (Å²) in [7, 11) is 0. The van der Waals surface area contributed by atoms with E-state index in [9.17, 15) is 27.2 Å². The highest BCUT2D eigenvalue weighted by Crippen LogP contribution is 2.39. The Morgan fingerprint density at radius 2 is 1.00 bits per heavy atom. The number of hydrogen-bond acceptors (Lipinski definition) is 4. The van der Waals surface area contributed by atoms with E-state index >= 15 is 0 Å². The largest absolute Gasteiger partial charge is 0.451 e. The van der Waals surface area contributed by atoms with Gasteiger partial charge in [0.1, 0.15) is 11.5 Å². The second-order valence-corrected chi connectivity index (χ2v) is 6.54. The number of carbonyl (C=O) groups excluding carboxylic acids is 2. The fourth-order valence-electron chi connectivity index (χ4n) is 2.69. The summed E-state index contributed by atoms with van der Waals surface area (Å²) in [6, 6.07) is 10.8. The zero-order valence-electron chi connectivity index (χ0n) is 16.8. The summed E-state index contributed by atoms with van der Waals surface area (Å²) in [5.74, 6) is -11.1. The smallest absolute Gasteiger partial charge is 0.221 e. The van der Waals surface area contributed by atoms with Gasteiger partial charge in [0, 0.05) is 37.4 Å². The molecule has 0 aliphatic rings. The molecule has 3 aromatic rings. The van der Waals surface area contributed by atoms with E-state index in [2.05, 4.69) is 10.6 Å². The first-order chi connectivity index (χ1) is 15.2. The number of halogens is 4. The van der Waals surface area contributed by atoms with Crippen molar-refractivity contribution in [1.82, 2.24) is 0 Å². The van der Waals surface area contributed by atoms with Crippen LogP contribution in [0.5, 0.6) is 23.0 Å². The maximum absolute atomic E-state index is 14.5. The molecule has 10 heteroatoms. The van der Waals surface area contributed by atoms with Crippen LogP contribution in [0.1, 0.15) is 13.8 Å². The molecule has 0 fully saturated rings. The van der Waals surface area contributed by atoms with Crippen LogP contribution in [0.25, 0.3) is 0 Å². The summed E-state index contributed by atoms with van der Waals surface area (Å²) in [6.45, 7) is 2.50. The van der Waals surface area contributed by atoms with Crippen molar-refractivity contribution in [1.29, 1.82) is 0 Å². The van der Waals surface area contributed by atoms with Gasteiger partial charge in [-0.1, -0.05) is 12.1 Å². The molecule has 0 aliphatic heterocycles. The van der Waals surface area contributed by atoms with Gasteiger partial charge in [0.2, 0.25) is 46.6 Å². The number of ether oxygens (including phenoxy) is 2. The van der Waals surface area contributed by atoms with Gasteiger partial charge in [-0.05, 0) is 24.3 Å². The Balaban J connectivity index is 1.93. The van der Waals surface area contributed by atoms with Crippen LogP contribution in [0.15, 0.2) is 48.5 Å². The lowest BCUT2D eigenvalue weighted by molar-refractivity contribution is -0.115. The highest BCUT2D eigenvalue weighted by molar-refractivity contribution is 5.89. The van der Waals surface area contributed by atoms with Crippen molar-refractivity contribution in [3.63, 3.8) is 0 Å². The van der Waals surface area contributed by atoms with Gasteiger partial charge in [-0.15, -0.1) is 0 Å². The van der Waals surface area contributed by atoms with E-state index in [-0.39, 0.29) is 22.9 Å². The van der Waals surface area contributed by atoms with Crippen molar-refractivity contribution in [2.24, 2.45) is 0 Å². The van der Waals surface area contributed by atoms with E-state index < -0.39 is 46.6 Å². The third kappa shape index (κ3) is 5.15. The predicted octanol–water partition coefficient (Wildman–Crippen LogP) is 5.74. The highest BCUT2D eigenvalue weighted by Gasteiger charge is 2.29. The van der Waals surface area contributed by atoms with Gasteiger partial charge in [-0.25, -0.2) is 0 Å². The zero-order chi connectivity index (χ0) is 23.4. The number of carbonyl (C=O) groups is 2. The van der Waals surface area contributed by atoms with Gasteiger partial charge in [-0.3, -0.25) is 9.59 Å². The molecule has 0 saturated heterocycles. The first-order valence-electron chi connectivity index (χ1n) is 9.12. The molecule has 0 atom stereocenters. The molecule has 3 aromatic carbocycles. The van der Waals surface area contributed by atoms with Crippen LogP contribution in [0.3, 0.4) is 0 Å². The molecule has 166 valence electrons. The van der Waals surface area contributed by atoms with E-state index in [1.54, 1.807) is 0 Å². The lowest BCUT2D eigenvalue weighted by Crippen LogP contribution is -2.07. The molecular weight excluding hydrogens is 432 g/mol. The SMILES string of the molecule is CC(=O)Nc1cccc(Oc2c(F)c(F)c(Oc3cccc(NC(C)=O)c3)c(F)c2F)c1. The Morgan fingerprint density at radius 1 is 0.656 bits per heavy atom. The molecule has 0 unspecified atom stereocenters. The molecule has 32 heavy (non-hydrogen) atoms. The minimum atomic E-state index is -1.82. The second kappa shape index (κ2) is 9.38. The average Bonchev–Trinajstić information content (AvgIpc) is 2.72. The third-order valence-electron chi connectivity index (χ3n) is 3.93. The molecule has 0 heterocycles. The normalized spacial score (nSPS) is 10.4. The van der Waals surface area contributed by atoms with Crippen LogP contribution >= 0.6 is 0 Å². The van der Waals surface area contributed by atoms with E-state index in [1.165, 1.54) is 62.4 Å². The Hall–Kier alpha value is -4.08. The summed E-state index contributed by atoms with van der Waals surface area (Å²) in [4.78, 5) is 22.3. The number of amides is 2. The molecule has 6 nitrogen and oxygen atoms in total. The summed E-state index contributed by atoms with van der Waals surface area (Å²) in [5, 5.41) is 4.87. The highest BCUT2D eigenvalue weighted by atomic mass is 19.2. The second-order valence-electron chi connectivity index (χ2n) is 6.54. The third-order valence-corrected chi connectivity index (χ3v) is 3.93. The summed E-state index contributed by atoms with van der Waals surface area (Å²) >= 11 is 0. The molecule has 3 rings (SSSR count). The van der Waals surface area contributed by atoms with Gasteiger partial charge in [0.15, 0.2) is 0 Å². The lowest BCUT2D eigenvalue weighted by atomic mass is 10.2. The van der Waals surface area contributed by atoms with Gasteiger partial charge in [-0.2, -0.15) is 17.6 Å². The van der Waals surface area contributed by atoms with Crippen molar-refractivity contribution in [2.45, 2.75) is 13.8 Å². The summed E-state index contributed by atoms with van der Waals surface area (Å²) < 4.78 is 68.2. The number of rotatable bonds is 6. The fourth-order valence-corrected chi connectivity index (χ4v) is 2.69. The summed E-state index contributed by atoms with van der Waals surface area (Å²) in [6.07, 6.45) is 0. The number of nitrogens with one attached hydrogen (secondary N) is 2. The van der Waals surface area contributed by atoms with Crippen molar-refractivity contribution >= 4 is 23.2 Å². The molecule has 0 bridgehead atoms.